The summed E-state index contributed by atoms with van der Waals surface area (Å²) in [5.74, 6) is 1.01. The summed E-state index contributed by atoms with van der Waals surface area (Å²) in [7, 11) is 0. The molecule has 0 heterocycles. The Morgan fingerprint density at radius 1 is 1.00 bits per heavy atom. The Balaban J connectivity index is 2.08. The maximum Gasteiger partial charge on any atom is 0.242 e. The van der Waals surface area contributed by atoms with Crippen LogP contribution in [0.4, 0.5) is 0 Å². The molecular formula is C25H34N2O2S. The SMILES string of the molecule is CC[C@H](C)NC(=O)[C@@H](C)N(Cc1cccc(C)c1)C(=O)CSCc1cccc(C)c1. The number of hydrogen-bond acceptors (Lipinski definition) is 3. The number of nitrogens with zero attached hydrogens (tertiary/aromatic N) is 1. The van der Waals surface area contributed by atoms with E-state index < -0.39 is 6.04 Å². The monoisotopic (exact) mass is 426 g/mol. The van der Waals surface area contributed by atoms with E-state index in [9.17, 15) is 9.59 Å². The summed E-state index contributed by atoms with van der Waals surface area (Å²) >= 11 is 1.59. The number of nitrogens with one attached hydrogen (secondary N) is 1. The summed E-state index contributed by atoms with van der Waals surface area (Å²) in [4.78, 5) is 27.6. The highest BCUT2D eigenvalue weighted by Gasteiger charge is 2.26. The summed E-state index contributed by atoms with van der Waals surface area (Å²) in [6, 6.07) is 16.0. The lowest BCUT2D eigenvalue weighted by Gasteiger charge is -2.29. The minimum atomic E-state index is -0.522. The summed E-state index contributed by atoms with van der Waals surface area (Å²) in [6.07, 6.45) is 0.858. The van der Waals surface area contributed by atoms with E-state index in [0.717, 1.165) is 23.3 Å². The van der Waals surface area contributed by atoms with E-state index in [2.05, 4.69) is 36.5 Å². The fraction of sp³-hybridized carbons (Fsp3) is 0.440. The van der Waals surface area contributed by atoms with Gasteiger partial charge in [-0.15, -0.1) is 11.8 Å². The molecule has 0 saturated heterocycles. The van der Waals surface area contributed by atoms with Gasteiger partial charge in [-0.25, -0.2) is 0 Å². The van der Waals surface area contributed by atoms with Gasteiger partial charge in [0.1, 0.15) is 6.04 Å². The van der Waals surface area contributed by atoms with Gasteiger partial charge in [0.05, 0.1) is 5.75 Å². The van der Waals surface area contributed by atoms with E-state index in [0.29, 0.717) is 12.3 Å². The van der Waals surface area contributed by atoms with E-state index in [-0.39, 0.29) is 17.9 Å². The van der Waals surface area contributed by atoms with Crippen LogP contribution in [0.25, 0.3) is 0 Å². The van der Waals surface area contributed by atoms with Gasteiger partial charge in [-0.1, -0.05) is 66.6 Å². The number of amides is 2. The van der Waals surface area contributed by atoms with Gasteiger partial charge in [0.25, 0.3) is 0 Å². The van der Waals surface area contributed by atoms with Crippen LogP contribution in [-0.2, 0) is 21.9 Å². The molecule has 2 amide bonds. The van der Waals surface area contributed by atoms with Crippen LogP contribution in [0.1, 0.15) is 49.4 Å². The van der Waals surface area contributed by atoms with E-state index >= 15 is 0 Å². The number of thioether (sulfide) groups is 1. The molecule has 0 aliphatic heterocycles. The number of hydrogen-bond donors (Lipinski definition) is 1. The van der Waals surface area contributed by atoms with Gasteiger partial charge in [-0.05, 0) is 45.2 Å². The van der Waals surface area contributed by atoms with Crippen molar-refractivity contribution in [3.63, 3.8) is 0 Å². The maximum absolute atomic E-state index is 13.1. The summed E-state index contributed by atoms with van der Waals surface area (Å²) in [6.45, 7) is 10.4. The standard InChI is InChI=1S/C25H34N2O2S/c1-6-20(4)26-25(29)21(5)27(15-22-11-7-9-18(2)13-22)24(28)17-30-16-23-12-8-10-19(3)14-23/h7-14,20-21H,6,15-17H2,1-5H3,(H,26,29)/t20-,21+/m0/s1. The zero-order chi connectivity index (χ0) is 22.1. The van der Waals surface area contributed by atoms with Gasteiger partial charge in [0.2, 0.25) is 11.8 Å². The van der Waals surface area contributed by atoms with E-state index in [1.54, 1.807) is 16.7 Å². The first-order valence-corrected chi connectivity index (χ1v) is 11.7. The van der Waals surface area contributed by atoms with Crippen molar-refractivity contribution < 1.29 is 9.59 Å². The minimum Gasteiger partial charge on any atom is -0.352 e. The van der Waals surface area contributed by atoms with Gasteiger partial charge < -0.3 is 10.2 Å². The van der Waals surface area contributed by atoms with Crippen molar-refractivity contribution in [2.45, 2.75) is 65.4 Å². The number of carbonyl (C=O) groups excluding carboxylic acids is 2. The highest BCUT2D eigenvalue weighted by molar-refractivity contribution is 7.99. The van der Waals surface area contributed by atoms with E-state index in [1.807, 2.05) is 52.0 Å². The van der Waals surface area contributed by atoms with Crippen LogP contribution in [0.5, 0.6) is 0 Å². The molecule has 0 bridgehead atoms. The maximum atomic E-state index is 13.1. The van der Waals surface area contributed by atoms with Crippen LogP contribution in [0, 0.1) is 13.8 Å². The summed E-state index contributed by atoms with van der Waals surface area (Å²) < 4.78 is 0. The topological polar surface area (TPSA) is 49.4 Å². The average Bonchev–Trinajstić information content (AvgIpc) is 2.71. The Morgan fingerprint density at radius 2 is 1.60 bits per heavy atom. The first-order valence-electron chi connectivity index (χ1n) is 10.6. The molecule has 2 aromatic rings. The normalized spacial score (nSPS) is 12.8. The van der Waals surface area contributed by atoms with Crippen molar-refractivity contribution >= 4 is 23.6 Å². The Hall–Kier alpha value is -2.27. The van der Waals surface area contributed by atoms with Crippen molar-refractivity contribution in [1.82, 2.24) is 10.2 Å². The molecule has 0 unspecified atom stereocenters. The molecule has 0 aliphatic carbocycles. The lowest BCUT2D eigenvalue weighted by Crippen LogP contribution is -2.50. The summed E-state index contributed by atoms with van der Waals surface area (Å²) in [5.41, 5.74) is 4.61. The smallest absolute Gasteiger partial charge is 0.242 e. The van der Waals surface area contributed by atoms with Gasteiger partial charge in [0, 0.05) is 18.3 Å². The average molecular weight is 427 g/mol. The third kappa shape index (κ3) is 7.52. The molecule has 0 fully saturated rings. The van der Waals surface area contributed by atoms with Gasteiger partial charge in [0.15, 0.2) is 0 Å². The zero-order valence-corrected chi connectivity index (χ0v) is 19.6. The first-order chi connectivity index (χ1) is 14.3. The first kappa shape index (κ1) is 24.0. The molecule has 0 aliphatic rings. The van der Waals surface area contributed by atoms with E-state index in [1.165, 1.54) is 11.1 Å². The minimum absolute atomic E-state index is 0.0130. The molecule has 2 atom stereocenters. The highest BCUT2D eigenvalue weighted by Crippen LogP contribution is 2.17. The largest absolute Gasteiger partial charge is 0.352 e. The second-order valence-corrected chi connectivity index (χ2v) is 8.97. The molecule has 0 saturated carbocycles. The van der Waals surface area contributed by atoms with Crippen molar-refractivity contribution in [3.8, 4) is 0 Å². The lowest BCUT2D eigenvalue weighted by molar-refractivity contribution is -0.138. The molecule has 30 heavy (non-hydrogen) atoms. The number of rotatable bonds is 10. The van der Waals surface area contributed by atoms with Gasteiger partial charge in [-0.2, -0.15) is 0 Å². The Kier molecular flexibility index (Phi) is 9.44. The molecule has 2 aromatic carbocycles. The van der Waals surface area contributed by atoms with Crippen LogP contribution >= 0.6 is 11.8 Å². The zero-order valence-electron chi connectivity index (χ0n) is 18.8. The predicted octanol–water partition coefficient (Wildman–Crippen LogP) is 4.87. The molecule has 2 rings (SSSR count). The molecule has 5 heteroatoms. The quantitative estimate of drug-likeness (QED) is 0.590. The second kappa shape index (κ2) is 11.8. The Labute approximate surface area is 185 Å². The van der Waals surface area contributed by atoms with Crippen molar-refractivity contribution in [3.05, 3.63) is 70.8 Å². The predicted molar refractivity (Wildman–Crippen MR) is 126 cm³/mol. The van der Waals surface area contributed by atoms with Crippen molar-refractivity contribution in [2.24, 2.45) is 0 Å². The summed E-state index contributed by atoms with van der Waals surface area (Å²) in [5, 5.41) is 3.01. The Morgan fingerprint density at radius 3 is 2.20 bits per heavy atom. The van der Waals surface area contributed by atoms with Crippen LogP contribution in [-0.4, -0.2) is 34.6 Å². The lowest BCUT2D eigenvalue weighted by atomic mass is 10.1. The Bertz CT molecular complexity index is 853. The highest BCUT2D eigenvalue weighted by atomic mass is 32.2. The number of carbonyl (C=O) groups is 2. The molecule has 4 nitrogen and oxygen atoms in total. The second-order valence-electron chi connectivity index (χ2n) is 7.99. The molecule has 0 radical (unpaired) electrons. The molecule has 0 aromatic heterocycles. The molecular weight excluding hydrogens is 392 g/mol. The van der Waals surface area contributed by atoms with Crippen LogP contribution < -0.4 is 5.32 Å². The molecule has 162 valence electrons. The fourth-order valence-corrected chi connectivity index (χ4v) is 4.05. The van der Waals surface area contributed by atoms with Crippen molar-refractivity contribution in [2.75, 3.05) is 5.75 Å². The molecule has 1 N–H and O–H groups in total. The number of benzene rings is 2. The van der Waals surface area contributed by atoms with Crippen molar-refractivity contribution in [1.29, 1.82) is 0 Å². The fourth-order valence-electron chi connectivity index (χ4n) is 3.20. The van der Waals surface area contributed by atoms with Crippen LogP contribution in [0.15, 0.2) is 48.5 Å². The molecule has 0 spiro atoms. The third-order valence-corrected chi connectivity index (χ3v) is 6.17. The van der Waals surface area contributed by atoms with Crippen LogP contribution in [0.2, 0.25) is 0 Å². The van der Waals surface area contributed by atoms with Gasteiger partial charge >= 0.3 is 0 Å². The number of aryl methyl sites for hydroxylation is 2. The van der Waals surface area contributed by atoms with E-state index in [4.69, 9.17) is 0 Å². The van der Waals surface area contributed by atoms with Crippen LogP contribution in [0.3, 0.4) is 0 Å². The van der Waals surface area contributed by atoms with Gasteiger partial charge in [-0.3, -0.25) is 9.59 Å². The third-order valence-electron chi connectivity index (χ3n) is 5.18.